The second kappa shape index (κ2) is 11.3. The second-order valence-electron chi connectivity index (χ2n) is 7.98. The number of hydrogen-bond donors (Lipinski definition) is 1. The van der Waals surface area contributed by atoms with Crippen LogP contribution in [0.25, 0.3) is 0 Å². The van der Waals surface area contributed by atoms with E-state index < -0.39 is 0 Å². The summed E-state index contributed by atoms with van der Waals surface area (Å²) in [5, 5.41) is 3.47. The summed E-state index contributed by atoms with van der Waals surface area (Å²) in [5.74, 6) is 1.13. The summed E-state index contributed by atoms with van der Waals surface area (Å²) < 4.78 is 11.8. The number of anilines is 1. The van der Waals surface area contributed by atoms with E-state index in [2.05, 4.69) is 27.3 Å². The second-order valence-corrected chi connectivity index (χ2v) is 7.98. The molecule has 1 aromatic rings. The molecule has 3 heterocycles. The number of halogens is 1. The smallest absolute Gasteiger partial charge is 0.226 e. The van der Waals surface area contributed by atoms with Gasteiger partial charge in [-0.15, -0.1) is 24.0 Å². The Morgan fingerprint density at radius 2 is 1.90 bits per heavy atom. The number of hydrogen-bond acceptors (Lipinski definition) is 4. The van der Waals surface area contributed by atoms with Crippen LogP contribution in [0.4, 0.5) is 5.69 Å². The lowest BCUT2D eigenvalue weighted by Gasteiger charge is -2.37. The van der Waals surface area contributed by atoms with Crippen molar-refractivity contribution in [3.8, 4) is 0 Å². The van der Waals surface area contributed by atoms with E-state index in [-0.39, 0.29) is 42.1 Å². The van der Waals surface area contributed by atoms with Crippen LogP contribution in [0, 0.1) is 0 Å². The lowest BCUT2D eigenvalue weighted by atomic mass is 10.1. The van der Waals surface area contributed by atoms with Crippen LogP contribution in [-0.4, -0.2) is 68.9 Å². The molecule has 2 atom stereocenters. The molecule has 2 unspecified atom stereocenters. The number of morpholine rings is 1. The van der Waals surface area contributed by atoms with Crippen LogP contribution in [-0.2, 0) is 20.8 Å². The number of nitrogens with one attached hydrogen (secondary N) is 1. The van der Waals surface area contributed by atoms with Crippen molar-refractivity contribution in [2.45, 2.75) is 50.9 Å². The molecule has 3 saturated heterocycles. The SMILES string of the molecule is CN=C(NCc1ccc(N2CCCCC2=O)cc1)N1CCOC(C2CCCO2)C1.I. The highest BCUT2D eigenvalue weighted by Gasteiger charge is 2.32. The maximum Gasteiger partial charge on any atom is 0.226 e. The summed E-state index contributed by atoms with van der Waals surface area (Å²) in [4.78, 5) is 20.7. The highest BCUT2D eigenvalue weighted by atomic mass is 127. The van der Waals surface area contributed by atoms with Gasteiger partial charge in [0.1, 0.15) is 6.10 Å². The molecule has 3 aliphatic heterocycles. The molecule has 0 aliphatic carbocycles. The summed E-state index contributed by atoms with van der Waals surface area (Å²) in [6.07, 6.45) is 5.27. The molecule has 4 rings (SSSR count). The van der Waals surface area contributed by atoms with Crippen LogP contribution in [0.5, 0.6) is 0 Å². The minimum Gasteiger partial charge on any atom is -0.375 e. The zero-order valence-corrected chi connectivity index (χ0v) is 20.0. The summed E-state index contributed by atoms with van der Waals surface area (Å²) in [5.41, 5.74) is 2.17. The molecule has 0 bridgehead atoms. The molecule has 166 valence electrons. The Bertz CT molecular complexity index is 722. The number of aliphatic imine (C=N–C) groups is 1. The van der Waals surface area contributed by atoms with Crippen molar-refractivity contribution < 1.29 is 14.3 Å². The number of nitrogens with zero attached hydrogens (tertiary/aromatic N) is 3. The first-order valence-electron chi connectivity index (χ1n) is 10.8. The Kier molecular flexibility index (Phi) is 8.76. The normalized spacial score (nSPS) is 25.2. The first-order valence-corrected chi connectivity index (χ1v) is 10.8. The standard InChI is InChI=1S/C22H32N4O3.HI/c1-23-22(25-12-14-29-20(16-25)19-5-4-13-28-19)24-15-17-7-9-18(10-8-17)26-11-3-2-6-21(26)27;/h7-10,19-20H,2-6,11-16H2,1H3,(H,23,24);1H. The summed E-state index contributed by atoms with van der Waals surface area (Å²) in [6.45, 7) is 4.70. The van der Waals surface area contributed by atoms with Crippen molar-refractivity contribution in [3.05, 3.63) is 29.8 Å². The monoisotopic (exact) mass is 528 g/mol. The number of carbonyl (C=O) groups is 1. The maximum atomic E-state index is 12.1. The average Bonchev–Trinajstić information content (AvgIpc) is 3.30. The molecule has 7 nitrogen and oxygen atoms in total. The van der Waals surface area contributed by atoms with E-state index in [1.807, 2.05) is 24.1 Å². The Balaban J connectivity index is 0.00000256. The topological polar surface area (TPSA) is 66.4 Å². The average molecular weight is 528 g/mol. The fourth-order valence-corrected chi connectivity index (χ4v) is 4.37. The largest absolute Gasteiger partial charge is 0.375 e. The number of amides is 1. The van der Waals surface area contributed by atoms with Crippen LogP contribution < -0.4 is 10.2 Å². The van der Waals surface area contributed by atoms with Gasteiger partial charge in [-0.1, -0.05) is 12.1 Å². The zero-order valence-electron chi connectivity index (χ0n) is 17.7. The van der Waals surface area contributed by atoms with E-state index in [9.17, 15) is 4.79 Å². The summed E-state index contributed by atoms with van der Waals surface area (Å²) in [7, 11) is 1.82. The van der Waals surface area contributed by atoms with Crippen molar-refractivity contribution in [1.82, 2.24) is 10.2 Å². The highest BCUT2D eigenvalue weighted by Crippen LogP contribution is 2.22. The van der Waals surface area contributed by atoms with Gasteiger partial charge in [0.25, 0.3) is 0 Å². The van der Waals surface area contributed by atoms with Gasteiger partial charge >= 0.3 is 0 Å². The third kappa shape index (κ3) is 5.64. The molecule has 1 amide bonds. The number of benzene rings is 1. The molecule has 0 spiro atoms. The molecular formula is C22H33IN4O3. The molecule has 0 aromatic heterocycles. The molecule has 1 aromatic carbocycles. The Morgan fingerprint density at radius 3 is 2.60 bits per heavy atom. The van der Waals surface area contributed by atoms with Crippen molar-refractivity contribution in [1.29, 1.82) is 0 Å². The quantitative estimate of drug-likeness (QED) is 0.370. The Labute approximate surface area is 196 Å². The number of carbonyl (C=O) groups excluding carboxylic acids is 1. The molecule has 3 fully saturated rings. The molecular weight excluding hydrogens is 495 g/mol. The van der Waals surface area contributed by atoms with E-state index in [1.54, 1.807) is 0 Å². The lowest BCUT2D eigenvalue weighted by Crippen LogP contribution is -2.53. The Morgan fingerprint density at radius 1 is 1.10 bits per heavy atom. The highest BCUT2D eigenvalue weighted by molar-refractivity contribution is 14.0. The van der Waals surface area contributed by atoms with Gasteiger partial charge in [-0.3, -0.25) is 9.79 Å². The van der Waals surface area contributed by atoms with Gasteiger partial charge in [0.15, 0.2) is 5.96 Å². The number of guanidine groups is 1. The van der Waals surface area contributed by atoms with Gasteiger partial charge in [-0.2, -0.15) is 0 Å². The minimum absolute atomic E-state index is 0. The van der Waals surface area contributed by atoms with Crippen LogP contribution in [0.1, 0.15) is 37.7 Å². The lowest BCUT2D eigenvalue weighted by molar-refractivity contribution is -0.119. The van der Waals surface area contributed by atoms with E-state index in [4.69, 9.17) is 9.47 Å². The van der Waals surface area contributed by atoms with Crippen molar-refractivity contribution in [3.63, 3.8) is 0 Å². The molecule has 0 radical (unpaired) electrons. The van der Waals surface area contributed by atoms with Crippen molar-refractivity contribution in [2.75, 3.05) is 44.8 Å². The molecule has 0 saturated carbocycles. The first-order chi connectivity index (χ1) is 14.2. The van der Waals surface area contributed by atoms with Crippen LogP contribution in [0.15, 0.2) is 29.3 Å². The number of ether oxygens (including phenoxy) is 2. The van der Waals surface area contributed by atoms with E-state index in [0.29, 0.717) is 19.6 Å². The van der Waals surface area contributed by atoms with Gasteiger partial charge in [-0.05, 0) is 43.4 Å². The van der Waals surface area contributed by atoms with Gasteiger partial charge in [0.2, 0.25) is 5.91 Å². The van der Waals surface area contributed by atoms with E-state index in [1.165, 1.54) is 5.56 Å². The van der Waals surface area contributed by atoms with Crippen LogP contribution in [0.3, 0.4) is 0 Å². The van der Waals surface area contributed by atoms with E-state index >= 15 is 0 Å². The molecule has 8 heteroatoms. The van der Waals surface area contributed by atoms with Crippen LogP contribution in [0.2, 0.25) is 0 Å². The minimum atomic E-state index is 0. The van der Waals surface area contributed by atoms with Crippen LogP contribution >= 0.6 is 24.0 Å². The van der Waals surface area contributed by atoms with Gasteiger partial charge in [0.05, 0.1) is 12.7 Å². The predicted octanol–water partition coefficient (Wildman–Crippen LogP) is 2.78. The fraction of sp³-hybridized carbons (Fsp3) is 0.636. The van der Waals surface area contributed by atoms with Crippen molar-refractivity contribution in [2.24, 2.45) is 4.99 Å². The molecule has 3 aliphatic rings. The predicted molar refractivity (Wildman–Crippen MR) is 129 cm³/mol. The maximum absolute atomic E-state index is 12.1. The first kappa shape index (κ1) is 23.3. The summed E-state index contributed by atoms with van der Waals surface area (Å²) in [6, 6.07) is 8.27. The number of rotatable bonds is 4. The zero-order chi connectivity index (χ0) is 20.1. The number of piperidine rings is 1. The molecule has 30 heavy (non-hydrogen) atoms. The summed E-state index contributed by atoms with van der Waals surface area (Å²) >= 11 is 0. The van der Waals surface area contributed by atoms with Gasteiger partial charge in [-0.25, -0.2) is 0 Å². The Hall–Kier alpha value is -1.39. The molecule has 1 N–H and O–H groups in total. The fourth-order valence-electron chi connectivity index (χ4n) is 4.37. The third-order valence-electron chi connectivity index (χ3n) is 6.01. The third-order valence-corrected chi connectivity index (χ3v) is 6.01. The van der Waals surface area contributed by atoms with Gasteiger partial charge < -0.3 is 24.6 Å². The van der Waals surface area contributed by atoms with Gasteiger partial charge in [0, 0.05) is 51.9 Å². The van der Waals surface area contributed by atoms with Crippen molar-refractivity contribution >= 4 is 41.5 Å². The van der Waals surface area contributed by atoms with E-state index in [0.717, 1.165) is 63.6 Å².